The monoisotopic (exact) mass is 375 g/mol. The van der Waals surface area contributed by atoms with Gasteiger partial charge in [0.2, 0.25) is 5.95 Å². The fourth-order valence-electron chi connectivity index (χ4n) is 3.26. The summed E-state index contributed by atoms with van der Waals surface area (Å²) in [7, 11) is 1.60. The summed E-state index contributed by atoms with van der Waals surface area (Å²) in [5.74, 6) is 1.17. The van der Waals surface area contributed by atoms with Crippen molar-refractivity contribution in [3.8, 4) is 17.1 Å². The number of aromatic nitrogens is 4. The molecule has 0 aliphatic heterocycles. The lowest BCUT2D eigenvalue weighted by molar-refractivity contribution is 0.102. The molecule has 0 aliphatic carbocycles. The average molecular weight is 375 g/mol. The van der Waals surface area contributed by atoms with Gasteiger partial charge in [0, 0.05) is 23.1 Å². The first kappa shape index (κ1) is 17.8. The van der Waals surface area contributed by atoms with E-state index in [9.17, 15) is 4.79 Å². The molecule has 7 heteroatoms. The van der Waals surface area contributed by atoms with Gasteiger partial charge in [-0.05, 0) is 32.0 Å². The number of para-hydroxylation sites is 2. The Labute approximate surface area is 162 Å². The molecule has 2 heterocycles. The number of carbonyl (C=O) groups excluding carboxylic acids is 1. The molecule has 142 valence electrons. The van der Waals surface area contributed by atoms with E-state index in [4.69, 9.17) is 4.74 Å². The fourth-order valence-corrected chi connectivity index (χ4v) is 3.26. The number of anilines is 1. The van der Waals surface area contributed by atoms with E-state index in [2.05, 4.69) is 38.9 Å². The van der Waals surface area contributed by atoms with Crippen LogP contribution in [0.4, 0.5) is 5.95 Å². The standard InChI is InChI=1S/C21H21N5O2/c1-13(2)26-12-16(14-8-4-6-10-17(14)26)20(27)23-21-22-19(24-25-21)15-9-5-7-11-18(15)28-3/h4-13H,1-3H3,(H2,22,23,24,25,27). The molecule has 2 N–H and O–H groups in total. The predicted molar refractivity (Wildman–Crippen MR) is 109 cm³/mol. The van der Waals surface area contributed by atoms with Gasteiger partial charge in [-0.15, -0.1) is 5.10 Å². The first-order chi connectivity index (χ1) is 13.6. The molecule has 4 rings (SSSR count). The highest BCUT2D eigenvalue weighted by Gasteiger charge is 2.18. The Kier molecular flexibility index (Phi) is 4.57. The largest absolute Gasteiger partial charge is 0.496 e. The van der Waals surface area contributed by atoms with Crippen LogP contribution in [0.15, 0.2) is 54.7 Å². The maximum Gasteiger partial charge on any atom is 0.260 e. The van der Waals surface area contributed by atoms with Crippen molar-refractivity contribution in [2.45, 2.75) is 19.9 Å². The van der Waals surface area contributed by atoms with Gasteiger partial charge in [-0.3, -0.25) is 15.2 Å². The van der Waals surface area contributed by atoms with Crippen molar-refractivity contribution in [2.24, 2.45) is 0 Å². The SMILES string of the molecule is COc1ccccc1-c1nc(NC(=O)c2cn(C(C)C)c3ccccc23)n[nH]1. The van der Waals surface area contributed by atoms with E-state index >= 15 is 0 Å². The number of aromatic amines is 1. The lowest BCUT2D eigenvalue weighted by Crippen LogP contribution is -2.12. The zero-order chi connectivity index (χ0) is 19.7. The Hall–Kier alpha value is -3.61. The first-order valence-corrected chi connectivity index (χ1v) is 9.05. The van der Waals surface area contributed by atoms with E-state index in [-0.39, 0.29) is 17.9 Å². The van der Waals surface area contributed by atoms with E-state index < -0.39 is 0 Å². The van der Waals surface area contributed by atoms with Crippen LogP contribution in [0.5, 0.6) is 5.75 Å². The molecule has 1 amide bonds. The van der Waals surface area contributed by atoms with E-state index in [0.717, 1.165) is 16.5 Å². The van der Waals surface area contributed by atoms with Crippen molar-refractivity contribution in [3.05, 3.63) is 60.3 Å². The van der Waals surface area contributed by atoms with Crippen molar-refractivity contribution in [3.63, 3.8) is 0 Å². The van der Waals surface area contributed by atoms with E-state index in [1.54, 1.807) is 7.11 Å². The molecule has 0 atom stereocenters. The third-order valence-electron chi connectivity index (χ3n) is 4.61. The highest BCUT2D eigenvalue weighted by atomic mass is 16.5. The van der Waals surface area contributed by atoms with Gasteiger partial charge in [-0.25, -0.2) is 0 Å². The van der Waals surface area contributed by atoms with Crippen molar-refractivity contribution in [1.29, 1.82) is 0 Å². The van der Waals surface area contributed by atoms with Gasteiger partial charge >= 0.3 is 0 Å². The minimum absolute atomic E-state index is 0.215. The number of nitrogens with zero attached hydrogens (tertiary/aromatic N) is 3. The summed E-state index contributed by atoms with van der Waals surface area (Å²) in [6, 6.07) is 15.6. The molecule has 0 bridgehead atoms. The number of carbonyl (C=O) groups is 1. The quantitative estimate of drug-likeness (QED) is 0.546. The summed E-state index contributed by atoms with van der Waals surface area (Å²) in [6.45, 7) is 4.17. The number of ether oxygens (including phenoxy) is 1. The van der Waals surface area contributed by atoms with Gasteiger partial charge in [0.15, 0.2) is 5.82 Å². The number of hydrogen-bond acceptors (Lipinski definition) is 4. The van der Waals surface area contributed by atoms with Crippen LogP contribution in [0, 0.1) is 0 Å². The van der Waals surface area contributed by atoms with E-state index in [1.165, 1.54) is 0 Å². The van der Waals surface area contributed by atoms with Crippen molar-refractivity contribution in [2.75, 3.05) is 12.4 Å². The second-order valence-electron chi connectivity index (χ2n) is 6.72. The van der Waals surface area contributed by atoms with Gasteiger partial charge in [0.05, 0.1) is 18.2 Å². The average Bonchev–Trinajstić information content (AvgIpc) is 3.32. The molecule has 0 unspecified atom stereocenters. The van der Waals surface area contributed by atoms with E-state index in [1.807, 2.05) is 54.7 Å². The number of amides is 1. The normalized spacial score (nSPS) is 11.1. The van der Waals surface area contributed by atoms with Gasteiger partial charge in [0.1, 0.15) is 5.75 Å². The van der Waals surface area contributed by atoms with Crippen molar-refractivity contribution < 1.29 is 9.53 Å². The van der Waals surface area contributed by atoms with Crippen LogP contribution in [0.1, 0.15) is 30.2 Å². The number of fused-ring (bicyclic) bond motifs is 1. The smallest absolute Gasteiger partial charge is 0.260 e. The van der Waals surface area contributed by atoms with Crippen LogP contribution in [0.25, 0.3) is 22.3 Å². The first-order valence-electron chi connectivity index (χ1n) is 9.05. The second kappa shape index (κ2) is 7.19. The Morgan fingerprint density at radius 1 is 1.14 bits per heavy atom. The van der Waals surface area contributed by atoms with Gasteiger partial charge < -0.3 is 9.30 Å². The highest BCUT2D eigenvalue weighted by molar-refractivity contribution is 6.12. The molecule has 0 saturated carbocycles. The topological polar surface area (TPSA) is 84.8 Å². The second-order valence-corrected chi connectivity index (χ2v) is 6.72. The highest BCUT2D eigenvalue weighted by Crippen LogP contribution is 2.28. The molecule has 0 radical (unpaired) electrons. The maximum absolute atomic E-state index is 12.9. The maximum atomic E-state index is 12.9. The molecular weight excluding hydrogens is 354 g/mol. The van der Waals surface area contributed by atoms with Gasteiger partial charge in [-0.1, -0.05) is 30.3 Å². The zero-order valence-electron chi connectivity index (χ0n) is 15.9. The molecule has 28 heavy (non-hydrogen) atoms. The minimum Gasteiger partial charge on any atom is -0.496 e. The van der Waals surface area contributed by atoms with Crippen molar-refractivity contribution in [1.82, 2.24) is 19.7 Å². The summed E-state index contributed by atoms with van der Waals surface area (Å²) in [5.41, 5.74) is 2.38. The lowest BCUT2D eigenvalue weighted by Gasteiger charge is -2.08. The molecule has 0 aliphatic rings. The van der Waals surface area contributed by atoms with Crippen LogP contribution in [-0.2, 0) is 0 Å². The Balaban J connectivity index is 1.64. The fraction of sp³-hybridized carbons (Fsp3) is 0.190. The van der Waals surface area contributed by atoms with E-state index in [0.29, 0.717) is 17.1 Å². The Bertz CT molecular complexity index is 1140. The number of hydrogen-bond donors (Lipinski definition) is 2. The Morgan fingerprint density at radius 2 is 1.89 bits per heavy atom. The van der Waals surface area contributed by atoms with Crippen LogP contribution in [-0.4, -0.2) is 32.8 Å². The number of H-pyrrole nitrogens is 1. The van der Waals surface area contributed by atoms with Crippen LogP contribution in [0.2, 0.25) is 0 Å². The lowest BCUT2D eigenvalue weighted by atomic mass is 10.1. The van der Waals surface area contributed by atoms with Crippen LogP contribution >= 0.6 is 0 Å². The summed E-state index contributed by atoms with van der Waals surface area (Å²) in [5, 5.41) is 10.7. The number of benzene rings is 2. The number of nitrogens with one attached hydrogen (secondary N) is 2. The number of rotatable bonds is 5. The molecule has 2 aromatic heterocycles. The number of methoxy groups -OCH3 is 1. The molecular formula is C21H21N5O2. The third-order valence-corrected chi connectivity index (χ3v) is 4.61. The molecule has 0 saturated heterocycles. The summed E-state index contributed by atoms with van der Waals surface area (Å²) in [4.78, 5) is 17.3. The molecule has 7 nitrogen and oxygen atoms in total. The molecule has 0 spiro atoms. The Morgan fingerprint density at radius 3 is 2.68 bits per heavy atom. The molecule has 0 fully saturated rings. The predicted octanol–water partition coefficient (Wildman–Crippen LogP) is 4.27. The minimum atomic E-state index is -0.249. The summed E-state index contributed by atoms with van der Waals surface area (Å²) in [6.07, 6.45) is 1.87. The zero-order valence-corrected chi connectivity index (χ0v) is 15.9. The third kappa shape index (κ3) is 3.11. The van der Waals surface area contributed by atoms with Crippen LogP contribution < -0.4 is 10.1 Å². The summed E-state index contributed by atoms with van der Waals surface area (Å²) >= 11 is 0. The molecule has 2 aromatic carbocycles. The summed E-state index contributed by atoms with van der Waals surface area (Å²) < 4.78 is 7.44. The van der Waals surface area contributed by atoms with Crippen molar-refractivity contribution >= 4 is 22.8 Å². The van der Waals surface area contributed by atoms with Crippen LogP contribution in [0.3, 0.4) is 0 Å². The van der Waals surface area contributed by atoms with Gasteiger partial charge in [0.25, 0.3) is 5.91 Å². The molecule has 4 aromatic rings. The van der Waals surface area contributed by atoms with Gasteiger partial charge in [-0.2, -0.15) is 4.98 Å².